The van der Waals surface area contributed by atoms with E-state index >= 15 is 0 Å². The Bertz CT molecular complexity index is 1340. The SMILES string of the molecule is C[C@@H]1CC[C@H](NC(=O)OCc2ccccc2)CN1c1cc(-c2ccc3c(N)n[nH]c3c2)nc(N)n1. The summed E-state index contributed by atoms with van der Waals surface area (Å²) in [6.45, 7) is 2.96. The van der Waals surface area contributed by atoms with Gasteiger partial charge in [-0.15, -0.1) is 0 Å². The van der Waals surface area contributed by atoms with Gasteiger partial charge in [-0.05, 0) is 37.5 Å². The second kappa shape index (κ2) is 9.49. The van der Waals surface area contributed by atoms with E-state index in [1.165, 1.54) is 0 Å². The standard InChI is InChI=1S/C25H28N8O2/c1-15-7-9-18(28-25(34)35-14-16-5-3-2-4-6-16)13-33(15)22-12-20(29-24(27)30-22)17-8-10-19-21(11-17)31-32-23(19)26/h2-6,8,10-12,15,18H,7,9,13-14H2,1H3,(H,28,34)(H3,26,31,32)(H2,27,29,30)/t15-,18+/m1/s1. The number of carbonyl (C=O) groups is 1. The third-order valence-electron chi connectivity index (χ3n) is 6.33. The number of anilines is 3. The first-order valence-corrected chi connectivity index (χ1v) is 11.6. The zero-order valence-electron chi connectivity index (χ0n) is 19.4. The van der Waals surface area contributed by atoms with Gasteiger partial charge in [0.2, 0.25) is 5.95 Å². The maximum Gasteiger partial charge on any atom is 0.407 e. The summed E-state index contributed by atoms with van der Waals surface area (Å²) in [5, 5.41) is 10.8. The van der Waals surface area contributed by atoms with E-state index in [0.717, 1.165) is 34.9 Å². The number of hydrogen-bond acceptors (Lipinski definition) is 8. The Labute approximate surface area is 202 Å². The molecule has 2 atom stereocenters. The van der Waals surface area contributed by atoms with Crippen molar-refractivity contribution >= 4 is 34.6 Å². The quantitative estimate of drug-likeness (QED) is 0.345. The third-order valence-corrected chi connectivity index (χ3v) is 6.33. The van der Waals surface area contributed by atoms with E-state index in [-0.39, 0.29) is 24.6 Å². The molecule has 0 radical (unpaired) electrons. The minimum atomic E-state index is -0.427. The van der Waals surface area contributed by atoms with Crippen molar-refractivity contribution in [1.29, 1.82) is 0 Å². The van der Waals surface area contributed by atoms with E-state index in [2.05, 4.69) is 37.3 Å². The molecule has 180 valence electrons. The number of aromatic amines is 1. The van der Waals surface area contributed by atoms with Gasteiger partial charge in [0.05, 0.1) is 11.2 Å². The fraction of sp³-hybridized carbons (Fsp3) is 0.280. The van der Waals surface area contributed by atoms with E-state index in [1.54, 1.807) is 0 Å². The van der Waals surface area contributed by atoms with Crippen LogP contribution in [0, 0.1) is 0 Å². The van der Waals surface area contributed by atoms with Gasteiger partial charge in [-0.2, -0.15) is 10.1 Å². The molecular formula is C25H28N8O2. The number of ether oxygens (including phenoxy) is 1. The number of fused-ring (bicyclic) bond motifs is 1. The Hall–Kier alpha value is -4.34. The molecule has 1 saturated heterocycles. The number of nitrogens with one attached hydrogen (secondary N) is 2. The van der Waals surface area contributed by atoms with Gasteiger partial charge in [-0.1, -0.05) is 36.4 Å². The summed E-state index contributed by atoms with van der Waals surface area (Å²) in [5.74, 6) is 1.36. The minimum absolute atomic E-state index is 0.0709. The first-order chi connectivity index (χ1) is 17.0. The number of piperidine rings is 1. The molecule has 2 aromatic carbocycles. The highest BCUT2D eigenvalue weighted by atomic mass is 16.5. The maximum absolute atomic E-state index is 12.4. The van der Waals surface area contributed by atoms with Gasteiger partial charge in [0.25, 0.3) is 0 Å². The van der Waals surface area contributed by atoms with Crippen molar-refractivity contribution in [2.24, 2.45) is 0 Å². The lowest BCUT2D eigenvalue weighted by atomic mass is 9.99. The number of rotatable bonds is 5. The van der Waals surface area contributed by atoms with Gasteiger partial charge in [0, 0.05) is 35.6 Å². The van der Waals surface area contributed by atoms with Crippen LogP contribution in [0.4, 0.5) is 22.4 Å². The van der Waals surface area contributed by atoms with Crippen molar-refractivity contribution in [3.8, 4) is 11.3 Å². The zero-order chi connectivity index (χ0) is 24.4. The van der Waals surface area contributed by atoms with Crippen molar-refractivity contribution in [3.63, 3.8) is 0 Å². The molecule has 0 unspecified atom stereocenters. The van der Waals surface area contributed by atoms with Crippen molar-refractivity contribution < 1.29 is 9.53 Å². The Morgan fingerprint density at radius 1 is 1.14 bits per heavy atom. The minimum Gasteiger partial charge on any atom is -0.445 e. The molecule has 1 fully saturated rings. The van der Waals surface area contributed by atoms with Crippen molar-refractivity contribution in [1.82, 2.24) is 25.5 Å². The number of hydrogen-bond donors (Lipinski definition) is 4. The summed E-state index contributed by atoms with van der Waals surface area (Å²) in [6, 6.07) is 17.5. The van der Waals surface area contributed by atoms with Crippen LogP contribution in [0.1, 0.15) is 25.3 Å². The Morgan fingerprint density at radius 3 is 2.80 bits per heavy atom. The number of nitrogens with two attached hydrogens (primary N) is 2. The number of H-pyrrole nitrogens is 1. The second-order valence-electron chi connectivity index (χ2n) is 8.82. The highest BCUT2D eigenvalue weighted by Gasteiger charge is 2.28. The van der Waals surface area contributed by atoms with E-state index in [9.17, 15) is 4.79 Å². The fourth-order valence-electron chi connectivity index (χ4n) is 4.42. The van der Waals surface area contributed by atoms with E-state index in [0.29, 0.717) is 23.9 Å². The first kappa shape index (κ1) is 22.5. The number of alkyl carbamates (subject to hydrolysis) is 1. The van der Waals surface area contributed by atoms with E-state index in [1.807, 2.05) is 54.6 Å². The van der Waals surface area contributed by atoms with Crippen LogP contribution >= 0.6 is 0 Å². The van der Waals surface area contributed by atoms with Gasteiger partial charge in [0.1, 0.15) is 12.4 Å². The fourth-order valence-corrected chi connectivity index (χ4v) is 4.42. The van der Waals surface area contributed by atoms with Crippen LogP contribution in [-0.4, -0.2) is 44.9 Å². The van der Waals surface area contributed by atoms with Crippen molar-refractivity contribution in [3.05, 3.63) is 60.2 Å². The van der Waals surface area contributed by atoms with Crippen molar-refractivity contribution in [2.75, 3.05) is 22.9 Å². The van der Waals surface area contributed by atoms with Crippen molar-refractivity contribution in [2.45, 2.75) is 38.5 Å². The van der Waals surface area contributed by atoms with Crippen LogP contribution in [0.25, 0.3) is 22.2 Å². The molecule has 4 aromatic rings. The molecule has 0 spiro atoms. The van der Waals surface area contributed by atoms with Crippen LogP contribution in [0.3, 0.4) is 0 Å². The molecule has 0 aliphatic carbocycles. The molecule has 10 nitrogen and oxygen atoms in total. The largest absolute Gasteiger partial charge is 0.445 e. The monoisotopic (exact) mass is 472 g/mol. The molecule has 1 aliphatic heterocycles. The molecule has 35 heavy (non-hydrogen) atoms. The maximum atomic E-state index is 12.4. The molecule has 0 bridgehead atoms. The molecule has 10 heteroatoms. The van der Waals surface area contributed by atoms with E-state index in [4.69, 9.17) is 16.2 Å². The molecule has 1 aliphatic rings. The van der Waals surface area contributed by atoms with Crippen LogP contribution in [0.15, 0.2) is 54.6 Å². The van der Waals surface area contributed by atoms with Crippen LogP contribution in [0.5, 0.6) is 0 Å². The highest BCUT2D eigenvalue weighted by Crippen LogP contribution is 2.30. The lowest BCUT2D eigenvalue weighted by molar-refractivity contribution is 0.134. The lowest BCUT2D eigenvalue weighted by Crippen LogP contribution is -2.51. The molecule has 1 amide bonds. The molecule has 6 N–H and O–H groups in total. The molecule has 2 aromatic heterocycles. The third kappa shape index (κ3) is 4.96. The van der Waals surface area contributed by atoms with Crippen LogP contribution < -0.4 is 21.7 Å². The number of nitrogen functional groups attached to an aromatic ring is 2. The normalized spacial score (nSPS) is 17.9. The van der Waals surface area contributed by atoms with Gasteiger partial charge < -0.3 is 26.4 Å². The van der Waals surface area contributed by atoms with Gasteiger partial charge in [-0.3, -0.25) is 5.10 Å². The molecular weight excluding hydrogens is 444 g/mol. The van der Waals surface area contributed by atoms with Crippen LogP contribution in [0.2, 0.25) is 0 Å². The number of carbonyl (C=O) groups excluding carboxylic acids is 1. The summed E-state index contributed by atoms with van der Waals surface area (Å²) in [4.78, 5) is 23.5. The Kier molecular flexibility index (Phi) is 6.09. The average Bonchev–Trinajstić information content (AvgIpc) is 3.24. The number of nitrogens with zero attached hydrogens (tertiary/aromatic N) is 4. The molecule has 0 saturated carbocycles. The predicted octanol–water partition coefficient (Wildman–Crippen LogP) is 3.47. The van der Waals surface area contributed by atoms with Crippen LogP contribution in [-0.2, 0) is 11.3 Å². The Morgan fingerprint density at radius 2 is 1.97 bits per heavy atom. The van der Waals surface area contributed by atoms with Gasteiger partial charge in [-0.25, -0.2) is 9.78 Å². The number of amides is 1. The summed E-state index contributed by atoms with van der Waals surface area (Å²) in [5.41, 5.74) is 15.3. The van der Waals surface area contributed by atoms with E-state index < -0.39 is 6.09 Å². The summed E-state index contributed by atoms with van der Waals surface area (Å²) in [6.07, 6.45) is 1.31. The van der Waals surface area contributed by atoms with Gasteiger partial charge in [0.15, 0.2) is 5.82 Å². The summed E-state index contributed by atoms with van der Waals surface area (Å²) >= 11 is 0. The molecule has 5 rings (SSSR count). The smallest absolute Gasteiger partial charge is 0.407 e. The summed E-state index contributed by atoms with van der Waals surface area (Å²) in [7, 11) is 0. The lowest BCUT2D eigenvalue weighted by Gasteiger charge is -2.39. The predicted molar refractivity (Wildman–Crippen MR) is 136 cm³/mol. The zero-order valence-corrected chi connectivity index (χ0v) is 19.4. The number of benzene rings is 2. The first-order valence-electron chi connectivity index (χ1n) is 11.6. The number of aromatic nitrogens is 4. The average molecular weight is 473 g/mol. The van der Waals surface area contributed by atoms with Gasteiger partial charge >= 0.3 is 6.09 Å². The highest BCUT2D eigenvalue weighted by molar-refractivity contribution is 5.91. The molecule has 3 heterocycles. The second-order valence-corrected chi connectivity index (χ2v) is 8.82. The topological polar surface area (TPSA) is 148 Å². The Balaban J connectivity index is 1.30. The summed E-state index contributed by atoms with van der Waals surface area (Å²) < 4.78 is 5.40.